The van der Waals surface area contributed by atoms with Crippen LogP contribution in [0, 0.1) is 12.7 Å². The second kappa shape index (κ2) is 6.07. The molecule has 1 aromatic carbocycles. The fourth-order valence-electron chi connectivity index (χ4n) is 3.11. The fourth-order valence-corrected chi connectivity index (χ4v) is 3.11. The highest BCUT2D eigenvalue weighted by Crippen LogP contribution is 2.32. The largest absolute Gasteiger partial charge is 0.405 e. The summed E-state index contributed by atoms with van der Waals surface area (Å²) in [4.78, 5) is 2.93. The summed E-state index contributed by atoms with van der Waals surface area (Å²) in [5, 5.41) is 0. The lowest BCUT2D eigenvalue weighted by Crippen LogP contribution is -2.57. The standard InChI is InChI=1S/C16H22F4N2/c1-10(2)15-11(3)7-12(8-13(15)17)22-6-5-21(4)14(9-22)16(18,19)20/h7-8,10,14H,5-6,9H2,1-4H3. The Morgan fingerprint density at radius 2 is 1.82 bits per heavy atom. The Kier molecular flexibility index (Phi) is 4.70. The summed E-state index contributed by atoms with van der Waals surface area (Å²) in [7, 11) is 1.48. The van der Waals surface area contributed by atoms with Crippen LogP contribution in [0.1, 0.15) is 30.9 Å². The molecule has 0 radical (unpaired) electrons. The van der Waals surface area contributed by atoms with Gasteiger partial charge in [0.15, 0.2) is 0 Å². The third kappa shape index (κ3) is 3.37. The van der Waals surface area contributed by atoms with Crippen molar-refractivity contribution >= 4 is 5.69 Å². The lowest BCUT2D eigenvalue weighted by atomic mass is 9.96. The first-order valence-corrected chi connectivity index (χ1v) is 7.43. The normalized spacial score (nSPS) is 20.8. The Balaban J connectivity index is 2.29. The van der Waals surface area contributed by atoms with Crippen molar-refractivity contribution in [2.45, 2.75) is 38.9 Å². The van der Waals surface area contributed by atoms with E-state index < -0.39 is 12.2 Å². The van der Waals surface area contributed by atoms with Crippen molar-refractivity contribution in [1.82, 2.24) is 4.90 Å². The van der Waals surface area contributed by atoms with Crippen LogP contribution >= 0.6 is 0 Å². The molecule has 1 saturated heterocycles. The molecular formula is C16H22F4N2. The first-order chi connectivity index (χ1) is 10.1. The molecule has 1 aliphatic rings. The third-order valence-corrected chi connectivity index (χ3v) is 4.29. The summed E-state index contributed by atoms with van der Waals surface area (Å²) in [6.07, 6.45) is -4.28. The molecule has 0 spiro atoms. The van der Waals surface area contributed by atoms with Gasteiger partial charge in [-0.05, 0) is 43.1 Å². The number of alkyl halides is 3. The van der Waals surface area contributed by atoms with Gasteiger partial charge in [-0.15, -0.1) is 0 Å². The van der Waals surface area contributed by atoms with Gasteiger partial charge in [0.1, 0.15) is 11.9 Å². The first kappa shape index (κ1) is 17.1. The topological polar surface area (TPSA) is 6.48 Å². The summed E-state index contributed by atoms with van der Waals surface area (Å²) >= 11 is 0. The molecule has 0 aromatic heterocycles. The van der Waals surface area contributed by atoms with Crippen LogP contribution in [-0.2, 0) is 0 Å². The summed E-state index contributed by atoms with van der Waals surface area (Å²) in [5.41, 5.74) is 1.94. The molecule has 1 atom stereocenters. The van der Waals surface area contributed by atoms with E-state index in [9.17, 15) is 17.6 Å². The molecule has 2 nitrogen and oxygen atoms in total. The van der Waals surface area contributed by atoms with Gasteiger partial charge in [-0.3, -0.25) is 4.90 Å². The van der Waals surface area contributed by atoms with E-state index in [0.29, 0.717) is 24.3 Å². The SMILES string of the molecule is Cc1cc(N2CCN(C)C(C(F)(F)F)C2)cc(F)c1C(C)C. The van der Waals surface area contributed by atoms with Crippen molar-refractivity contribution in [2.75, 3.05) is 31.6 Å². The number of piperazine rings is 1. The quantitative estimate of drug-likeness (QED) is 0.762. The molecule has 22 heavy (non-hydrogen) atoms. The van der Waals surface area contributed by atoms with Crippen molar-refractivity contribution in [3.8, 4) is 0 Å². The molecule has 0 bridgehead atoms. The molecule has 0 aliphatic carbocycles. The fraction of sp³-hybridized carbons (Fsp3) is 0.625. The van der Waals surface area contributed by atoms with E-state index in [1.54, 1.807) is 17.9 Å². The molecular weight excluding hydrogens is 296 g/mol. The lowest BCUT2D eigenvalue weighted by Gasteiger charge is -2.41. The molecule has 0 amide bonds. The number of nitrogens with zero attached hydrogens (tertiary/aromatic N) is 2. The second-order valence-electron chi connectivity index (χ2n) is 6.30. The van der Waals surface area contributed by atoms with Gasteiger partial charge in [0, 0.05) is 25.3 Å². The Hall–Kier alpha value is -1.30. The summed E-state index contributed by atoms with van der Waals surface area (Å²) in [5.74, 6) is -0.294. The second-order valence-corrected chi connectivity index (χ2v) is 6.30. The van der Waals surface area contributed by atoms with Crippen molar-refractivity contribution < 1.29 is 17.6 Å². The molecule has 2 rings (SSSR count). The smallest absolute Gasteiger partial charge is 0.368 e. The van der Waals surface area contributed by atoms with E-state index in [4.69, 9.17) is 0 Å². The highest BCUT2D eigenvalue weighted by Gasteiger charge is 2.45. The van der Waals surface area contributed by atoms with Crippen molar-refractivity contribution in [3.05, 3.63) is 29.1 Å². The zero-order chi connectivity index (χ0) is 16.7. The zero-order valence-electron chi connectivity index (χ0n) is 13.3. The maximum Gasteiger partial charge on any atom is 0.405 e. The summed E-state index contributed by atoms with van der Waals surface area (Å²) < 4.78 is 53.5. The van der Waals surface area contributed by atoms with Gasteiger partial charge in [0.25, 0.3) is 0 Å². The first-order valence-electron chi connectivity index (χ1n) is 7.43. The molecule has 1 fully saturated rings. The average molecular weight is 318 g/mol. The molecule has 1 heterocycles. The maximum atomic E-state index is 14.3. The predicted molar refractivity (Wildman–Crippen MR) is 79.9 cm³/mol. The number of aryl methyl sites for hydroxylation is 1. The van der Waals surface area contributed by atoms with E-state index in [1.165, 1.54) is 18.0 Å². The van der Waals surface area contributed by atoms with Crippen molar-refractivity contribution in [2.24, 2.45) is 0 Å². The molecule has 1 unspecified atom stereocenters. The lowest BCUT2D eigenvalue weighted by molar-refractivity contribution is -0.180. The number of halogens is 4. The molecule has 0 saturated carbocycles. The Bertz CT molecular complexity index is 516. The number of anilines is 1. The van der Waals surface area contributed by atoms with Crippen LogP contribution < -0.4 is 4.90 Å². The highest BCUT2D eigenvalue weighted by molar-refractivity contribution is 5.52. The average Bonchev–Trinajstić information content (AvgIpc) is 2.36. The van der Waals surface area contributed by atoms with E-state index in [0.717, 1.165) is 5.56 Å². The van der Waals surface area contributed by atoms with E-state index in [1.807, 2.05) is 13.8 Å². The van der Waals surface area contributed by atoms with Crippen LogP contribution in [0.25, 0.3) is 0 Å². The molecule has 0 N–H and O–H groups in total. The Morgan fingerprint density at radius 3 is 2.32 bits per heavy atom. The van der Waals surface area contributed by atoms with E-state index in [-0.39, 0.29) is 18.3 Å². The van der Waals surface area contributed by atoms with Gasteiger partial charge in [0.2, 0.25) is 0 Å². The number of hydrogen-bond acceptors (Lipinski definition) is 2. The number of hydrogen-bond donors (Lipinski definition) is 0. The van der Waals surface area contributed by atoms with Crippen LogP contribution in [0.3, 0.4) is 0 Å². The van der Waals surface area contributed by atoms with Crippen molar-refractivity contribution in [1.29, 1.82) is 0 Å². The van der Waals surface area contributed by atoms with Gasteiger partial charge >= 0.3 is 6.18 Å². The minimum Gasteiger partial charge on any atom is -0.368 e. The van der Waals surface area contributed by atoms with E-state index in [2.05, 4.69) is 0 Å². The van der Waals surface area contributed by atoms with Crippen LogP contribution in [0.5, 0.6) is 0 Å². The summed E-state index contributed by atoms with van der Waals surface area (Å²) in [6, 6.07) is 1.63. The zero-order valence-corrected chi connectivity index (χ0v) is 13.3. The molecule has 1 aliphatic heterocycles. The molecule has 1 aromatic rings. The minimum atomic E-state index is -4.28. The predicted octanol–water partition coefficient (Wildman–Crippen LogP) is 3.94. The van der Waals surface area contributed by atoms with Gasteiger partial charge < -0.3 is 4.90 Å². The van der Waals surface area contributed by atoms with E-state index >= 15 is 0 Å². The van der Waals surface area contributed by atoms with Gasteiger partial charge in [-0.25, -0.2) is 4.39 Å². The van der Waals surface area contributed by atoms with Crippen LogP contribution in [0.2, 0.25) is 0 Å². The highest BCUT2D eigenvalue weighted by atomic mass is 19.4. The molecule has 124 valence electrons. The Labute approximate surface area is 128 Å². The van der Waals surface area contributed by atoms with Crippen LogP contribution in [-0.4, -0.2) is 43.8 Å². The van der Waals surface area contributed by atoms with Gasteiger partial charge in [-0.1, -0.05) is 13.8 Å². The van der Waals surface area contributed by atoms with Crippen molar-refractivity contribution in [3.63, 3.8) is 0 Å². The van der Waals surface area contributed by atoms with Gasteiger partial charge in [0.05, 0.1) is 0 Å². The third-order valence-electron chi connectivity index (χ3n) is 4.29. The minimum absolute atomic E-state index is 0.0458. The Morgan fingerprint density at radius 1 is 1.18 bits per heavy atom. The number of benzene rings is 1. The maximum absolute atomic E-state index is 14.3. The number of likely N-dealkylation sites (N-methyl/N-ethyl adjacent to an activating group) is 1. The van der Waals surface area contributed by atoms with Crippen LogP contribution in [0.4, 0.5) is 23.2 Å². The number of rotatable bonds is 2. The monoisotopic (exact) mass is 318 g/mol. The van der Waals surface area contributed by atoms with Gasteiger partial charge in [-0.2, -0.15) is 13.2 Å². The van der Waals surface area contributed by atoms with Crippen LogP contribution in [0.15, 0.2) is 12.1 Å². The summed E-state index contributed by atoms with van der Waals surface area (Å²) in [6.45, 7) is 6.21. The molecule has 6 heteroatoms.